The molecule has 0 aliphatic heterocycles. The second kappa shape index (κ2) is 6.25. The van der Waals surface area contributed by atoms with Gasteiger partial charge in [-0.2, -0.15) is 0 Å². The summed E-state index contributed by atoms with van der Waals surface area (Å²) < 4.78 is 6.18. The summed E-state index contributed by atoms with van der Waals surface area (Å²) >= 11 is 3.34. The fourth-order valence-corrected chi connectivity index (χ4v) is 2.52. The summed E-state index contributed by atoms with van der Waals surface area (Å²) in [7, 11) is 0. The molecule has 7 nitrogen and oxygen atoms in total. The molecule has 0 aliphatic rings. The summed E-state index contributed by atoms with van der Waals surface area (Å²) in [5, 5.41) is 21.8. The third-order valence-corrected chi connectivity index (χ3v) is 3.80. The first kappa shape index (κ1) is 15.9. The van der Waals surface area contributed by atoms with Crippen molar-refractivity contribution < 1.29 is 14.1 Å². The zero-order valence-electron chi connectivity index (χ0n) is 12.1. The van der Waals surface area contributed by atoms with Gasteiger partial charge in [0.05, 0.1) is 4.92 Å². The third-order valence-electron chi connectivity index (χ3n) is 3.31. The lowest BCUT2D eigenvalue weighted by atomic mass is 10.1. The predicted octanol–water partition coefficient (Wildman–Crippen LogP) is 3.84. The number of nitrogens with one attached hydrogen (secondary N) is 2. The first-order chi connectivity index (χ1) is 11.4. The van der Waals surface area contributed by atoms with Crippen LogP contribution in [-0.2, 0) is 0 Å². The molecule has 120 valence electrons. The SMILES string of the molecule is N=c1oc2ccc(Br)cc2cc1C(=O)Nc1ccc([N+](=O)[O-])cc1. The van der Waals surface area contributed by atoms with E-state index in [-0.39, 0.29) is 16.8 Å². The lowest BCUT2D eigenvalue weighted by molar-refractivity contribution is -0.384. The zero-order chi connectivity index (χ0) is 17.3. The summed E-state index contributed by atoms with van der Waals surface area (Å²) in [6.45, 7) is 0. The maximum Gasteiger partial charge on any atom is 0.269 e. The van der Waals surface area contributed by atoms with Gasteiger partial charge >= 0.3 is 0 Å². The van der Waals surface area contributed by atoms with E-state index >= 15 is 0 Å². The molecule has 0 unspecified atom stereocenters. The number of amides is 1. The molecule has 0 atom stereocenters. The second-order valence-electron chi connectivity index (χ2n) is 4.93. The van der Waals surface area contributed by atoms with Crippen LogP contribution in [0.15, 0.2) is 57.4 Å². The van der Waals surface area contributed by atoms with Gasteiger partial charge in [-0.05, 0) is 36.4 Å². The van der Waals surface area contributed by atoms with Crippen molar-refractivity contribution in [3.63, 3.8) is 0 Å². The van der Waals surface area contributed by atoms with Gasteiger partial charge < -0.3 is 9.73 Å². The number of nitro groups is 1. The molecule has 1 amide bonds. The van der Waals surface area contributed by atoms with E-state index in [1.54, 1.807) is 24.3 Å². The highest BCUT2D eigenvalue weighted by atomic mass is 79.9. The Morgan fingerprint density at radius 2 is 1.88 bits per heavy atom. The molecular formula is C16H10BrN3O4. The number of hydrogen-bond acceptors (Lipinski definition) is 5. The van der Waals surface area contributed by atoms with Crippen LogP contribution < -0.4 is 10.9 Å². The Morgan fingerprint density at radius 3 is 2.54 bits per heavy atom. The number of nitrogens with zero attached hydrogens (tertiary/aromatic N) is 1. The number of hydrogen-bond donors (Lipinski definition) is 2. The van der Waals surface area contributed by atoms with Crippen molar-refractivity contribution in [3.8, 4) is 0 Å². The van der Waals surface area contributed by atoms with Crippen LogP contribution >= 0.6 is 15.9 Å². The van der Waals surface area contributed by atoms with Crippen LogP contribution in [0.25, 0.3) is 11.0 Å². The van der Waals surface area contributed by atoms with Crippen molar-refractivity contribution in [2.75, 3.05) is 5.32 Å². The molecule has 0 saturated heterocycles. The maximum atomic E-state index is 12.3. The Hall–Kier alpha value is -3.00. The Kier molecular flexibility index (Phi) is 4.13. The minimum atomic E-state index is -0.528. The van der Waals surface area contributed by atoms with Crippen molar-refractivity contribution in [1.29, 1.82) is 5.41 Å². The average molecular weight is 388 g/mol. The van der Waals surface area contributed by atoms with Gasteiger partial charge in [-0.1, -0.05) is 15.9 Å². The number of benzene rings is 2. The molecule has 0 spiro atoms. The lowest BCUT2D eigenvalue weighted by Gasteiger charge is -2.06. The van der Waals surface area contributed by atoms with E-state index < -0.39 is 10.8 Å². The first-order valence-electron chi connectivity index (χ1n) is 6.78. The molecular weight excluding hydrogens is 378 g/mol. The number of anilines is 1. The summed E-state index contributed by atoms with van der Waals surface area (Å²) in [4.78, 5) is 22.5. The first-order valence-corrected chi connectivity index (χ1v) is 7.57. The van der Waals surface area contributed by atoms with Crippen LogP contribution in [-0.4, -0.2) is 10.8 Å². The largest absolute Gasteiger partial charge is 0.438 e. The molecule has 0 saturated carbocycles. The average Bonchev–Trinajstić information content (AvgIpc) is 2.55. The van der Waals surface area contributed by atoms with Crippen molar-refractivity contribution in [1.82, 2.24) is 0 Å². The van der Waals surface area contributed by atoms with Crippen molar-refractivity contribution in [2.45, 2.75) is 0 Å². The number of carbonyl (C=O) groups is 1. The van der Waals surface area contributed by atoms with Gasteiger partial charge in [-0.15, -0.1) is 0 Å². The number of carbonyl (C=O) groups excluding carboxylic acids is 1. The Morgan fingerprint density at radius 1 is 1.17 bits per heavy atom. The van der Waals surface area contributed by atoms with Crippen LogP contribution in [0.5, 0.6) is 0 Å². The summed E-state index contributed by atoms with van der Waals surface area (Å²) in [6, 6.07) is 12.3. The number of nitro benzene ring substituents is 1. The fraction of sp³-hybridized carbons (Fsp3) is 0. The Labute approximate surface area is 143 Å². The molecule has 3 aromatic rings. The fourth-order valence-electron chi connectivity index (χ4n) is 2.14. The molecule has 0 aliphatic carbocycles. The smallest absolute Gasteiger partial charge is 0.269 e. The highest BCUT2D eigenvalue weighted by molar-refractivity contribution is 9.10. The molecule has 0 fully saturated rings. The molecule has 8 heteroatoms. The lowest BCUT2D eigenvalue weighted by Crippen LogP contribution is -2.20. The number of fused-ring (bicyclic) bond motifs is 1. The Balaban J connectivity index is 1.91. The van der Waals surface area contributed by atoms with Gasteiger partial charge in [0.2, 0.25) is 5.55 Å². The zero-order valence-corrected chi connectivity index (χ0v) is 13.7. The summed E-state index contributed by atoms with van der Waals surface area (Å²) in [5.41, 5.74) is 0.623. The van der Waals surface area contributed by atoms with Gasteiger partial charge in [-0.3, -0.25) is 20.3 Å². The van der Waals surface area contributed by atoms with E-state index in [2.05, 4.69) is 21.2 Å². The third kappa shape index (κ3) is 3.18. The van der Waals surface area contributed by atoms with E-state index in [0.29, 0.717) is 16.7 Å². The predicted molar refractivity (Wildman–Crippen MR) is 90.8 cm³/mol. The number of non-ortho nitro benzene ring substituents is 1. The van der Waals surface area contributed by atoms with Crippen LogP contribution in [0, 0.1) is 15.5 Å². The van der Waals surface area contributed by atoms with E-state index in [1.165, 1.54) is 24.3 Å². The molecule has 2 aromatic carbocycles. The topological polar surface area (TPSA) is 109 Å². The van der Waals surface area contributed by atoms with Crippen LogP contribution in [0.2, 0.25) is 0 Å². The van der Waals surface area contributed by atoms with Crippen LogP contribution in [0.4, 0.5) is 11.4 Å². The standard InChI is InChI=1S/C16H10BrN3O4/c17-10-1-6-14-9(7-10)8-13(15(18)24-14)16(21)19-11-2-4-12(5-3-11)20(22)23/h1-8,18H,(H,19,21). The molecule has 1 aromatic heterocycles. The minimum Gasteiger partial charge on any atom is -0.438 e. The maximum absolute atomic E-state index is 12.3. The highest BCUT2D eigenvalue weighted by Crippen LogP contribution is 2.20. The normalized spacial score (nSPS) is 10.5. The van der Waals surface area contributed by atoms with Crippen molar-refractivity contribution >= 4 is 44.2 Å². The molecule has 2 N–H and O–H groups in total. The van der Waals surface area contributed by atoms with Crippen LogP contribution in [0.3, 0.4) is 0 Å². The van der Waals surface area contributed by atoms with E-state index in [0.717, 1.165) is 4.47 Å². The molecule has 1 heterocycles. The summed E-state index contributed by atoms with van der Waals surface area (Å²) in [6.07, 6.45) is 0. The van der Waals surface area contributed by atoms with Crippen molar-refractivity contribution in [3.05, 3.63) is 74.2 Å². The van der Waals surface area contributed by atoms with Gasteiger partial charge in [0.25, 0.3) is 11.6 Å². The van der Waals surface area contributed by atoms with E-state index in [9.17, 15) is 14.9 Å². The number of rotatable bonds is 3. The second-order valence-corrected chi connectivity index (χ2v) is 5.85. The van der Waals surface area contributed by atoms with E-state index in [4.69, 9.17) is 9.83 Å². The van der Waals surface area contributed by atoms with Gasteiger partial charge in [0.15, 0.2) is 0 Å². The van der Waals surface area contributed by atoms with Gasteiger partial charge in [0, 0.05) is 27.7 Å². The van der Waals surface area contributed by atoms with Crippen LogP contribution in [0.1, 0.15) is 10.4 Å². The molecule has 3 rings (SSSR count). The molecule has 0 radical (unpaired) electrons. The molecule has 24 heavy (non-hydrogen) atoms. The van der Waals surface area contributed by atoms with Crippen molar-refractivity contribution in [2.24, 2.45) is 0 Å². The van der Waals surface area contributed by atoms with Gasteiger partial charge in [0.1, 0.15) is 11.1 Å². The quantitative estimate of drug-likeness (QED) is 0.525. The minimum absolute atomic E-state index is 0.0685. The summed E-state index contributed by atoms with van der Waals surface area (Å²) in [5.74, 6) is -0.528. The highest BCUT2D eigenvalue weighted by Gasteiger charge is 2.13. The Bertz CT molecular complexity index is 1010. The van der Waals surface area contributed by atoms with Gasteiger partial charge in [-0.25, -0.2) is 0 Å². The molecule has 0 bridgehead atoms. The monoisotopic (exact) mass is 387 g/mol. The number of halogens is 1. The van der Waals surface area contributed by atoms with E-state index in [1.807, 2.05) is 0 Å².